The normalized spacial score (nSPS) is 18.4. The zero-order valence-electron chi connectivity index (χ0n) is 20.9. The molecule has 0 radical (unpaired) electrons. The molecule has 1 aliphatic heterocycles. The molecular formula is C24H27F3N6O5. The molecule has 38 heavy (non-hydrogen) atoms. The van der Waals surface area contributed by atoms with Crippen LogP contribution in [0.5, 0.6) is 0 Å². The van der Waals surface area contributed by atoms with Crippen molar-refractivity contribution in [1.82, 2.24) is 19.9 Å². The van der Waals surface area contributed by atoms with Gasteiger partial charge in [-0.25, -0.2) is 14.8 Å². The van der Waals surface area contributed by atoms with Gasteiger partial charge in [-0.1, -0.05) is 0 Å². The maximum absolute atomic E-state index is 13.8. The highest BCUT2D eigenvalue weighted by atomic mass is 19.4. The van der Waals surface area contributed by atoms with Gasteiger partial charge in [-0.3, -0.25) is 10.1 Å². The van der Waals surface area contributed by atoms with Gasteiger partial charge in [0.2, 0.25) is 5.95 Å². The second-order valence-corrected chi connectivity index (χ2v) is 10.1. The van der Waals surface area contributed by atoms with E-state index in [4.69, 9.17) is 4.74 Å². The van der Waals surface area contributed by atoms with Gasteiger partial charge in [0.05, 0.1) is 28.8 Å². The molecule has 0 bridgehead atoms. The number of alkyl halides is 3. The number of fused-ring (bicyclic) bond motifs is 1. The summed E-state index contributed by atoms with van der Waals surface area (Å²) in [5.74, 6) is -0.386. The van der Waals surface area contributed by atoms with Gasteiger partial charge in [-0.05, 0) is 33.3 Å². The summed E-state index contributed by atoms with van der Waals surface area (Å²) < 4.78 is 46.7. The number of likely N-dealkylation sites (tertiary alicyclic amines) is 1. The maximum atomic E-state index is 13.8. The molecule has 1 fully saturated rings. The summed E-state index contributed by atoms with van der Waals surface area (Å²) in [5.41, 5.74) is -1.93. The minimum atomic E-state index is -4.75. The molecule has 0 saturated carbocycles. The number of aromatic amines is 1. The Labute approximate surface area is 215 Å². The average molecular weight is 537 g/mol. The Morgan fingerprint density at radius 1 is 1.34 bits per heavy atom. The fraction of sp³-hybridized carbons (Fsp3) is 0.458. The first-order valence-electron chi connectivity index (χ1n) is 11.8. The lowest BCUT2D eigenvalue weighted by atomic mass is 9.94. The Morgan fingerprint density at radius 2 is 2.08 bits per heavy atom. The highest BCUT2D eigenvalue weighted by molar-refractivity contribution is 5.96. The Morgan fingerprint density at radius 3 is 2.71 bits per heavy atom. The largest absolute Gasteiger partial charge is 0.444 e. The number of halogens is 3. The third kappa shape index (κ3) is 5.96. The molecule has 1 aromatic carbocycles. The molecule has 3 N–H and O–H groups in total. The third-order valence-corrected chi connectivity index (χ3v) is 6.12. The first-order valence-corrected chi connectivity index (χ1v) is 11.8. The molecule has 1 amide bonds. The van der Waals surface area contributed by atoms with E-state index in [-0.39, 0.29) is 41.7 Å². The molecule has 2 aromatic heterocycles. The number of rotatable bonds is 5. The summed E-state index contributed by atoms with van der Waals surface area (Å²) >= 11 is 0. The van der Waals surface area contributed by atoms with Gasteiger partial charge in [0, 0.05) is 54.5 Å². The molecule has 14 heteroatoms. The SMILES string of the molecule is CC(C)(C)OC(=O)N1CC[C@H](CNc2ncc(C(F)(F)F)c(-c3c[nH]c4cc([N+](=O)[O-])ccc34)n2)[C@@H](O)C1. The smallest absolute Gasteiger partial charge is 0.419 e. The van der Waals surface area contributed by atoms with Crippen molar-refractivity contribution in [3.63, 3.8) is 0 Å². The van der Waals surface area contributed by atoms with Crippen molar-refractivity contribution >= 4 is 28.6 Å². The number of nitrogens with one attached hydrogen (secondary N) is 2. The van der Waals surface area contributed by atoms with Crippen molar-refractivity contribution < 1.29 is 32.7 Å². The summed E-state index contributed by atoms with van der Waals surface area (Å²) in [6, 6.07) is 3.80. The van der Waals surface area contributed by atoms with Gasteiger partial charge in [0.25, 0.3) is 5.69 Å². The van der Waals surface area contributed by atoms with Gasteiger partial charge < -0.3 is 25.0 Å². The summed E-state index contributed by atoms with van der Waals surface area (Å²) in [6.45, 7) is 5.80. The van der Waals surface area contributed by atoms with Crippen LogP contribution >= 0.6 is 0 Å². The minimum absolute atomic E-state index is 0.0574. The molecule has 0 unspecified atom stereocenters. The molecule has 0 spiro atoms. The number of ether oxygens (including phenoxy) is 1. The number of amides is 1. The fourth-order valence-corrected chi connectivity index (χ4v) is 4.24. The Bertz CT molecular complexity index is 1350. The third-order valence-electron chi connectivity index (χ3n) is 6.12. The molecule has 4 rings (SSSR count). The standard InChI is InChI=1S/C24H27F3N6O5/c1-23(2,3)38-22(35)32-7-6-13(19(34)12-32)9-29-21-30-11-17(24(25,26)27)20(31-21)16-10-28-18-8-14(33(36)37)4-5-15(16)18/h4-5,8,10-11,13,19,28,34H,6-7,9,12H2,1-3H3,(H,29,30,31)/t13-,19+/m1/s1. The van der Waals surface area contributed by atoms with Crippen LogP contribution in [-0.2, 0) is 10.9 Å². The van der Waals surface area contributed by atoms with E-state index in [0.717, 1.165) is 0 Å². The number of nitro benzene ring substituents is 1. The number of aromatic nitrogens is 3. The number of benzene rings is 1. The molecule has 1 saturated heterocycles. The van der Waals surface area contributed by atoms with E-state index < -0.39 is 40.2 Å². The topological polar surface area (TPSA) is 147 Å². The Balaban J connectivity index is 1.53. The minimum Gasteiger partial charge on any atom is -0.444 e. The summed E-state index contributed by atoms with van der Waals surface area (Å²) in [4.78, 5) is 34.9. The molecule has 0 aliphatic carbocycles. The van der Waals surface area contributed by atoms with E-state index in [1.165, 1.54) is 29.3 Å². The monoisotopic (exact) mass is 536 g/mol. The molecule has 204 valence electrons. The van der Waals surface area contributed by atoms with E-state index >= 15 is 0 Å². The van der Waals surface area contributed by atoms with Crippen molar-refractivity contribution in [3.05, 3.63) is 46.3 Å². The van der Waals surface area contributed by atoms with Gasteiger partial charge in [0.15, 0.2) is 0 Å². The van der Waals surface area contributed by atoms with Crippen LogP contribution in [0, 0.1) is 16.0 Å². The highest BCUT2D eigenvalue weighted by Crippen LogP contribution is 2.39. The number of carbonyl (C=O) groups excluding carboxylic acids is 1. The van der Waals surface area contributed by atoms with Crippen LogP contribution in [0.4, 0.5) is 29.6 Å². The summed E-state index contributed by atoms with van der Waals surface area (Å²) in [6.07, 6.45) is -3.74. The highest BCUT2D eigenvalue weighted by Gasteiger charge is 2.37. The lowest BCUT2D eigenvalue weighted by Crippen LogP contribution is -2.49. The maximum Gasteiger partial charge on any atom is 0.419 e. The molecular weight excluding hydrogens is 509 g/mol. The lowest BCUT2D eigenvalue weighted by Gasteiger charge is -2.36. The zero-order chi connectivity index (χ0) is 27.8. The van der Waals surface area contributed by atoms with Gasteiger partial charge in [-0.2, -0.15) is 13.2 Å². The predicted molar refractivity (Wildman–Crippen MR) is 131 cm³/mol. The first kappa shape index (κ1) is 27.1. The van der Waals surface area contributed by atoms with Crippen LogP contribution in [0.1, 0.15) is 32.8 Å². The second-order valence-electron chi connectivity index (χ2n) is 10.1. The van der Waals surface area contributed by atoms with Crippen LogP contribution in [0.25, 0.3) is 22.2 Å². The molecule has 1 aliphatic rings. The van der Waals surface area contributed by atoms with Gasteiger partial charge >= 0.3 is 12.3 Å². The van der Waals surface area contributed by atoms with Crippen LogP contribution in [0.2, 0.25) is 0 Å². The zero-order valence-corrected chi connectivity index (χ0v) is 20.9. The van der Waals surface area contributed by atoms with Crippen LogP contribution in [-0.4, -0.2) is 67.3 Å². The fourth-order valence-electron chi connectivity index (χ4n) is 4.24. The molecule has 3 aromatic rings. The number of nitrogens with zero attached hydrogens (tertiary/aromatic N) is 4. The van der Waals surface area contributed by atoms with E-state index in [9.17, 15) is 33.2 Å². The van der Waals surface area contributed by atoms with Crippen LogP contribution in [0.3, 0.4) is 0 Å². The van der Waals surface area contributed by atoms with Crippen LogP contribution < -0.4 is 5.32 Å². The predicted octanol–water partition coefficient (Wildman–Crippen LogP) is 4.58. The average Bonchev–Trinajstić information content (AvgIpc) is 3.24. The van der Waals surface area contributed by atoms with Crippen molar-refractivity contribution in [2.45, 2.75) is 45.1 Å². The molecule has 3 heterocycles. The molecule has 11 nitrogen and oxygen atoms in total. The van der Waals surface area contributed by atoms with E-state index in [1.54, 1.807) is 20.8 Å². The molecule has 2 atom stereocenters. The number of aliphatic hydroxyl groups excluding tert-OH is 1. The number of anilines is 1. The summed E-state index contributed by atoms with van der Waals surface area (Å²) in [5, 5.41) is 24.8. The number of piperidine rings is 1. The van der Waals surface area contributed by atoms with E-state index in [2.05, 4.69) is 20.3 Å². The van der Waals surface area contributed by atoms with Gasteiger partial charge in [-0.15, -0.1) is 0 Å². The first-order chi connectivity index (χ1) is 17.7. The Kier molecular flexibility index (Phi) is 7.19. The van der Waals surface area contributed by atoms with Crippen LogP contribution in [0.15, 0.2) is 30.6 Å². The Hall–Kier alpha value is -3.94. The van der Waals surface area contributed by atoms with Crippen molar-refractivity contribution in [2.24, 2.45) is 5.92 Å². The summed E-state index contributed by atoms with van der Waals surface area (Å²) in [7, 11) is 0. The van der Waals surface area contributed by atoms with E-state index in [0.29, 0.717) is 24.5 Å². The second kappa shape index (κ2) is 10.1. The quantitative estimate of drug-likeness (QED) is 0.317. The number of hydrogen-bond donors (Lipinski definition) is 3. The number of hydrogen-bond acceptors (Lipinski definition) is 8. The number of β-amino-alcohol motifs (C(OH)–C–C–N with tert-alkyl or cyclic N) is 1. The lowest BCUT2D eigenvalue weighted by molar-refractivity contribution is -0.384. The van der Waals surface area contributed by atoms with Crippen molar-refractivity contribution in [1.29, 1.82) is 0 Å². The van der Waals surface area contributed by atoms with E-state index in [1.807, 2.05) is 0 Å². The number of non-ortho nitro benzene ring substituents is 1. The van der Waals surface area contributed by atoms with Gasteiger partial charge in [0.1, 0.15) is 11.2 Å². The number of nitro groups is 1. The van der Waals surface area contributed by atoms with Crippen molar-refractivity contribution in [3.8, 4) is 11.3 Å². The number of carbonyl (C=O) groups is 1. The number of aliphatic hydroxyl groups is 1. The number of H-pyrrole nitrogens is 1. The van der Waals surface area contributed by atoms with Crippen molar-refractivity contribution in [2.75, 3.05) is 25.0 Å².